The maximum Gasteiger partial charge on any atom is 0.143 e. The van der Waals surface area contributed by atoms with Crippen LogP contribution in [-0.2, 0) is 0 Å². The summed E-state index contributed by atoms with van der Waals surface area (Å²) in [5.41, 5.74) is 0.802. The highest BCUT2D eigenvalue weighted by molar-refractivity contribution is 5.52. The minimum atomic E-state index is -0.497. The standard InChI is InChI=1S/C12H13FN2O/c13-12-7-11(2-1-9(12)8-14)15(5-6-16)10-3-4-10/h1-2,7,10,16H,3-6H2. The molecule has 1 aromatic rings. The molecule has 16 heavy (non-hydrogen) atoms. The highest BCUT2D eigenvalue weighted by Crippen LogP contribution is 2.31. The lowest BCUT2D eigenvalue weighted by Gasteiger charge is -2.23. The van der Waals surface area contributed by atoms with Crippen LogP contribution in [0.25, 0.3) is 0 Å². The van der Waals surface area contributed by atoms with Gasteiger partial charge in [0.1, 0.15) is 11.9 Å². The number of nitrogens with zero attached hydrogens (tertiary/aromatic N) is 2. The molecule has 2 rings (SSSR count). The lowest BCUT2D eigenvalue weighted by molar-refractivity contribution is 0.301. The molecule has 1 aliphatic carbocycles. The molecule has 0 aromatic heterocycles. The summed E-state index contributed by atoms with van der Waals surface area (Å²) >= 11 is 0. The molecule has 0 aliphatic heterocycles. The molecule has 0 heterocycles. The van der Waals surface area contributed by atoms with Crippen LogP contribution >= 0.6 is 0 Å². The van der Waals surface area contributed by atoms with Crippen LogP contribution in [0.5, 0.6) is 0 Å². The zero-order valence-corrected chi connectivity index (χ0v) is 8.86. The normalized spacial score (nSPS) is 14.6. The number of benzene rings is 1. The minimum Gasteiger partial charge on any atom is -0.395 e. The average molecular weight is 220 g/mol. The zero-order valence-electron chi connectivity index (χ0n) is 8.86. The molecule has 1 saturated carbocycles. The number of nitriles is 1. The van der Waals surface area contributed by atoms with Gasteiger partial charge in [0.05, 0.1) is 12.2 Å². The first kappa shape index (κ1) is 10.9. The van der Waals surface area contributed by atoms with Gasteiger partial charge >= 0.3 is 0 Å². The monoisotopic (exact) mass is 220 g/mol. The van der Waals surface area contributed by atoms with Gasteiger partial charge in [0.15, 0.2) is 0 Å². The number of rotatable bonds is 4. The number of anilines is 1. The number of aliphatic hydroxyl groups is 1. The largest absolute Gasteiger partial charge is 0.395 e. The summed E-state index contributed by atoms with van der Waals surface area (Å²) < 4.78 is 13.4. The third-order valence-corrected chi connectivity index (χ3v) is 2.73. The smallest absolute Gasteiger partial charge is 0.143 e. The molecule has 84 valence electrons. The van der Waals surface area contributed by atoms with Crippen molar-refractivity contribution in [1.82, 2.24) is 0 Å². The van der Waals surface area contributed by atoms with Crippen molar-refractivity contribution in [3.63, 3.8) is 0 Å². The van der Waals surface area contributed by atoms with E-state index in [1.54, 1.807) is 12.1 Å². The molecule has 3 nitrogen and oxygen atoms in total. The lowest BCUT2D eigenvalue weighted by atomic mass is 10.2. The van der Waals surface area contributed by atoms with Gasteiger partial charge in [-0.1, -0.05) is 0 Å². The van der Waals surface area contributed by atoms with E-state index in [0.717, 1.165) is 18.5 Å². The highest BCUT2D eigenvalue weighted by Gasteiger charge is 2.29. The van der Waals surface area contributed by atoms with E-state index in [1.165, 1.54) is 12.1 Å². The first-order valence-electron chi connectivity index (χ1n) is 5.33. The average Bonchev–Trinajstić information content (AvgIpc) is 3.09. The van der Waals surface area contributed by atoms with E-state index in [1.807, 2.05) is 4.90 Å². The molecule has 1 fully saturated rings. The van der Waals surface area contributed by atoms with Gasteiger partial charge in [-0.25, -0.2) is 4.39 Å². The van der Waals surface area contributed by atoms with Gasteiger partial charge in [-0.2, -0.15) is 5.26 Å². The van der Waals surface area contributed by atoms with E-state index in [0.29, 0.717) is 12.6 Å². The molecule has 1 aromatic carbocycles. The van der Waals surface area contributed by atoms with Crippen molar-refractivity contribution >= 4 is 5.69 Å². The van der Waals surface area contributed by atoms with Crippen molar-refractivity contribution < 1.29 is 9.50 Å². The fourth-order valence-electron chi connectivity index (χ4n) is 1.79. The van der Waals surface area contributed by atoms with Crippen LogP contribution in [0.4, 0.5) is 10.1 Å². The fourth-order valence-corrected chi connectivity index (χ4v) is 1.79. The molecule has 0 spiro atoms. The Bertz CT molecular complexity index is 424. The van der Waals surface area contributed by atoms with Crippen LogP contribution in [0.15, 0.2) is 18.2 Å². The maximum absolute atomic E-state index is 13.4. The summed E-state index contributed by atoms with van der Waals surface area (Å²) in [6.07, 6.45) is 2.17. The number of aliphatic hydroxyl groups excluding tert-OH is 1. The van der Waals surface area contributed by atoms with Gasteiger partial charge in [-0.3, -0.25) is 0 Å². The topological polar surface area (TPSA) is 47.3 Å². The van der Waals surface area contributed by atoms with Crippen molar-refractivity contribution in [2.24, 2.45) is 0 Å². The molecular weight excluding hydrogens is 207 g/mol. The molecular formula is C12H13FN2O. The Morgan fingerprint density at radius 3 is 2.75 bits per heavy atom. The molecule has 0 bridgehead atoms. The van der Waals surface area contributed by atoms with Crippen LogP contribution in [0.3, 0.4) is 0 Å². The Kier molecular flexibility index (Phi) is 3.07. The first-order chi connectivity index (χ1) is 7.76. The Balaban J connectivity index is 2.24. The lowest BCUT2D eigenvalue weighted by Crippen LogP contribution is -2.28. The minimum absolute atomic E-state index is 0.0537. The Morgan fingerprint density at radius 2 is 2.25 bits per heavy atom. The van der Waals surface area contributed by atoms with Crippen molar-refractivity contribution in [3.8, 4) is 6.07 Å². The van der Waals surface area contributed by atoms with E-state index in [-0.39, 0.29) is 12.2 Å². The van der Waals surface area contributed by atoms with Gasteiger partial charge in [0.2, 0.25) is 0 Å². The highest BCUT2D eigenvalue weighted by atomic mass is 19.1. The van der Waals surface area contributed by atoms with Crippen molar-refractivity contribution in [1.29, 1.82) is 5.26 Å². The van der Waals surface area contributed by atoms with E-state index >= 15 is 0 Å². The molecule has 1 N–H and O–H groups in total. The van der Waals surface area contributed by atoms with Gasteiger partial charge in [-0.15, -0.1) is 0 Å². The van der Waals surface area contributed by atoms with Crippen LogP contribution < -0.4 is 4.90 Å². The molecule has 0 saturated heterocycles. The second-order valence-electron chi connectivity index (χ2n) is 3.92. The molecule has 1 aliphatic rings. The predicted octanol–water partition coefficient (Wildman–Crippen LogP) is 1.66. The number of hydrogen-bond donors (Lipinski definition) is 1. The Labute approximate surface area is 93.7 Å². The third kappa shape index (κ3) is 2.15. The van der Waals surface area contributed by atoms with Crippen molar-refractivity contribution in [2.45, 2.75) is 18.9 Å². The predicted molar refractivity (Wildman–Crippen MR) is 58.6 cm³/mol. The number of hydrogen-bond acceptors (Lipinski definition) is 3. The zero-order chi connectivity index (χ0) is 11.5. The summed E-state index contributed by atoms with van der Waals surface area (Å²) in [7, 11) is 0. The van der Waals surface area contributed by atoms with Crippen LogP contribution in [0, 0.1) is 17.1 Å². The molecule has 4 heteroatoms. The summed E-state index contributed by atoms with van der Waals surface area (Å²) in [6.45, 7) is 0.564. The second-order valence-corrected chi connectivity index (χ2v) is 3.92. The van der Waals surface area contributed by atoms with Crippen LogP contribution in [0.2, 0.25) is 0 Å². The first-order valence-corrected chi connectivity index (χ1v) is 5.33. The summed E-state index contributed by atoms with van der Waals surface area (Å²) in [4.78, 5) is 1.99. The van der Waals surface area contributed by atoms with Gasteiger partial charge in [0.25, 0.3) is 0 Å². The third-order valence-electron chi connectivity index (χ3n) is 2.73. The Morgan fingerprint density at radius 1 is 1.50 bits per heavy atom. The van der Waals surface area contributed by atoms with E-state index in [2.05, 4.69) is 0 Å². The second kappa shape index (κ2) is 4.50. The van der Waals surface area contributed by atoms with Gasteiger partial charge in [-0.05, 0) is 31.0 Å². The van der Waals surface area contributed by atoms with Crippen LogP contribution in [0.1, 0.15) is 18.4 Å². The Hall–Kier alpha value is -1.60. The van der Waals surface area contributed by atoms with Crippen molar-refractivity contribution in [3.05, 3.63) is 29.6 Å². The van der Waals surface area contributed by atoms with E-state index in [9.17, 15) is 4.39 Å². The quantitative estimate of drug-likeness (QED) is 0.839. The summed E-state index contributed by atoms with van der Waals surface area (Å²) in [5, 5.41) is 17.6. The van der Waals surface area contributed by atoms with E-state index in [4.69, 9.17) is 10.4 Å². The summed E-state index contributed by atoms with van der Waals surface area (Å²) in [6, 6.07) is 6.79. The summed E-state index contributed by atoms with van der Waals surface area (Å²) in [5.74, 6) is -0.497. The molecule has 0 amide bonds. The van der Waals surface area contributed by atoms with Crippen LogP contribution in [-0.4, -0.2) is 24.3 Å². The fraction of sp³-hybridized carbons (Fsp3) is 0.417. The van der Waals surface area contributed by atoms with Crippen molar-refractivity contribution in [2.75, 3.05) is 18.1 Å². The maximum atomic E-state index is 13.4. The van der Waals surface area contributed by atoms with Gasteiger partial charge in [0, 0.05) is 18.3 Å². The van der Waals surface area contributed by atoms with Gasteiger partial charge < -0.3 is 10.0 Å². The number of halogens is 1. The molecule has 0 radical (unpaired) electrons. The molecule has 0 atom stereocenters. The SMILES string of the molecule is N#Cc1ccc(N(CCO)C2CC2)cc1F. The molecule has 0 unspecified atom stereocenters. The van der Waals surface area contributed by atoms with E-state index < -0.39 is 5.82 Å².